The minimum Gasteiger partial charge on any atom is -0.443 e. The van der Waals surface area contributed by atoms with Crippen molar-refractivity contribution in [2.75, 3.05) is 24.2 Å². The Hall–Kier alpha value is -3.38. The van der Waals surface area contributed by atoms with Gasteiger partial charge in [-0.25, -0.2) is 17.9 Å². The van der Waals surface area contributed by atoms with Gasteiger partial charge < -0.3 is 9.72 Å². The smallest absolute Gasteiger partial charge is 0.417 e. The summed E-state index contributed by atoms with van der Waals surface area (Å²) in [5.74, 6) is 0. The molecule has 0 aliphatic carbocycles. The van der Waals surface area contributed by atoms with Crippen molar-refractivity contribution in [3.8, 4) is 11.3 Å². The van der Waals surface area contributed by atoms with Gasteiger partial charge in [-0.05, 0) is 29.7 Å². The van der Waals surface area contributed by atoms with Crippen LogP contribution in [0.25, 0.3) is 22.0 Å². The number of nitrogens with zero attached hydrogens (tertiary/aromatic N) is 1. The largest absolute Gasteiger partial charge is 0.443 e. The van der Waals surface area contributed by atoms with E-state index in [0.717, 1.165) is 12.3 Å². The highest BCUT2D eigenvalue weighted by atomic mass is 32.2. The topological polar surface area (TPSA) is 109 Å². The van der Waals surface area contributed by atoms with Gasteiger partial charge in [0.15, 0.2) is 0 Å². The number of hydrogen-bond donors (Lipinski definition) is 2. The summed E-state index contributed by atoms with van der Waals surface area (Å²) in [5.41, 5.74) is -1.30. The van der Waals surface area contributed by atoms with Crippen LogP contribution in [0, 0.1) is 0 Å². The minimum atomic E-state index is -4.59. The molecule has 33 heavy (non-hydrogen) atoms. The van der Waals surface area contributed by atoms with E-state index in [1.165, 1.54) is 47.4 Å². The van der Waals surface area contributed by atoms with Gasteiger partial charge >= 0.3 is 12.3 Å². The molecule has 1 aliphatic rings. The van der Waals surface area contributed by atoms with Crippen molar-refractivity contribution in [1.82, 2.24) is 9.71 Å². The fraction of sp³-hybridized carbons (Fsp3) is 0.238. The average Bonchev–Trinajstić information content (AvgIpc) is 3.11. The zero-order valence-electron chi connectivity index (χ0n) is 17.1. The number of carbonyl (C=O) groups is 1. The summed E-state index contributed by atoms with van der Waals surface area (Å²) in [7, 11) is -3.46. The fourth-order valence-electron chi connectivity index (χ4n) is 3.61. The number of ether oxygens (including phenoxy) is 1. The second-order valence-electron chi connectivity index (χ2n) is 7.56. The zero-order chi connectivity index (χ0) is 24.0. The summed E-state index contributed by atoms with van der Waals surface area (Å²) in [6.45, 7) is -0.0426. The maximum atomic E-state index is 13.4. The summed E-state index contributed by atoms with van der Waals surface area (Å²) < 4.78 is 70.1. The number of carbonyl (C=O) groups excluding carboxylic acids is 1. The molecule has 1 unspecified atom stereocenters. The third-order valence-electron chi connectivity index (χ3n) is 5.11. The first-order valence-electron chi connectivity index (χ1n) is 9.69. The molecule has 2 aromatic carbocycles. The number of amides is 1. The number of halogens is 3. The number of aromatic amines is 1. The van der Waals surface area contributed by atoms with E-state index in [1.54, 1.807) is 0 Å². The van der Waals surface area contributed by atoms with Crippen molar-refractivity contribution in [1.29, 1.82) is 0 Å². The highest BCUT2D eigenvalue weighted by Crippen LogP contribution is 2.36. The molecule has 2 heterocycles. The Morgan fingerprint density at radius 2 is 1.88 bits per heavy atom. The monoisotopic (exact) mass is 481 g/mol. The number of rotatable bonds is 5. The number of fused-ring (bicyclic) bond motifs is 1. The van der Waals surface area contributed by atoms with Gasteiger partial charge in [0.25, 0.3) is 5.56 Å². The van der Waals surface area contributed by atoms with Gasteiger partial charge in [0.2, 0.25) is 10.0 Å². The molecule has 1 amide bonds. The lowest BCUT2D eigenvalue weighted by atomic mass is 10.0. The highest BCUT2D eigenvalue weighted by molar-refractivity contribution is 7.88. The Bertz CT molecular complexity index is 1400. The predicted molar refractivity (Wildman–Crippen MR) is 115 cm³/mol. The van der Waals surface area contributed by atoms with E-state index >= 15 is 0 Å². The molecule has 2 N–H and O–H groups in total. The number of benzene rings is 2. The van der Waals surface area contributed by atoms with Crippen LogP contribution in [0.4, 0.5) is 23.7 Å². The van der Waals surface area contributed by atoms with E-state index in [2.05, 4.69) is 9.71 Å². The van der Waals surface area contributed by atoms with Crippen LogP contribution in [0.1, 0.15) is 5.56 Å². The number of pyridine rings is 1. The van der Waals surface area contributed by atoms with Gasteiger partial charge in [-0.2, -0.15) is 13.2 Å². The number of nitrogens with one attached hydrogen (secondary N) is 2. The number of cyclic esters (lactones) is 1. The van der Waals surface area contributed by atoms with Gasteiger partial charge in [-0.1, -0.05) is 24.3 Å². The van der Waals surface area contributed by atoms with E-state index in [-0.39, 0.29) is 29.7 Å². The quantitative estimate of drug-likeness (QED) is 0.582. The maximum absolute atomic E-state index is 13.4. The average molecular weight is 481 g/mol. The zero-order valence-corrected chi connectivity index (χ0v) is 18.0. The van der Waals surface area contributed by atoms with E-state index in [4.69, 9.17) is 4.74 Å². The Balaban J connectivity index is 1.67. The number of H-pyrrole nitrogens is 1. The minimum absolute atomic E-state index is 0.0145. The van der Waals surface area contributed by atoms with Crippen molar-refractivity contribution < 1.29 is 31.1 Å². The Labute approximate surface area is 186 Å². The number of hydrogen-bond acceptors (Lipinski definition) is 5. The second-order valence-corrected chi connectivity index (χ2v) is 9.40. The number of aromatic nitrogens is 1. The molecule has 1 atom stereocenters. The summed E-state index contributed by atoms with van der Waals surface area (Å²) in [6, 6.07) is 10.9. The Morgan fingerprint density at radius 3 is 2.58 bits per heavy atom. The molecule has 0 saturated carbocycles. The van der Waals surface area contributed by atoms with Gasteiger partial charge in [0.05, 0.1) is 18.4 Å². The SMILES string of the molecule is CS(=O)(=O)NCC1CN(c2ccc3cc(-c4ccccc4C(F)(F)F)[nH]c(=O)c3c2)C(=O)O1. The van der Waals surface area contributed by atoms with Crippen LogP contribution in [0.3, 0.4) is 0 Å². The van der Waals surface area contributed by atoms with Gasteiger partial charge in [0, 0.05) is 28.9 Å². The second kappa shape index (κ2) is 8.19. The lowest BCUT2D eigenvalue weighted by Gasteiger charge is -2.15. The van der Waals surface area contributed by atoms with Gasteiger partial charge in [-0.3, -0.25) is 9.69 Å². The Morgan fingerprint density at radius 1 is 1.15 bits per heavy atom. The van der Waals surface area contributed by atoms with Gasteiger partial charge in [-0.15, -0.1) is 0 Å². The molecule has 1 fully saturated rings. The van der Waals surface area contributed by atoms with Crippen LogP contribution in [0.5, 0.6) is 0 Å². The van der Waals surface area contributed by atoms with E-state index in [1.807, 2.05) is 0 Å². The number of anilines is 1. The van der Waals surface area contributed by atoms with Crippen LogP contribution in [0.2, 0.25) is 0 Å². The molecule has 174 valence electrons. The first-order valence-corrected chi connectivity index (χ1v) is 11.6. The molecule has 0 bridgehead atoms. The molecule has 12 heteroatoms. The van der Waals surface area contributed by atoms with Crippen LogP contribution >= 0.6 is 0 Å². The van der Waals surface area contributed by atoms with Crippen molar-refractivity contribution in [2.45, 2.75) is 12.3 Å². The molecule has 1 aliphatic heterocycles. The number of sulfonamides is 1. The summed E-state index contributed by atoms with van der Waals surface area (Å²) in [5, 5.41) is 0.559. The third-order valence-corrected chi connectivity index (χ3v) is 5.80. The summed E-state index contributed by atoms with van der Waals surface area (Å²) >= 11 is 0. The summed E-state index contributed by atoms with van der Waals surface area (Å²) in [4.78, 5) is 28.7. The van der Waals surface area contributed by atoms with Crippen molar-refractivity contribution in [3.63, 3.8) is 0 Å². The van der Waals surface area contributed by atoms with Crippen LogP contribution in [0.15, 0.2) is 53.3 Å². The molecule has 1 saturated heterocycles. The van der Waals surface area contributed by atoms with E-state index in [9.17, 15) is 31.2 Å². The molecular formula is C21H18F3N3O5S. The predicted octanol–water partition coefficient (Wildman–Crippen LogP) is 3.09. The third kappa shape index (κ3) is 4.86. The highest BCUT2D eigenvalue weighted by Gasteiger charge is 2.34. The van der Waals surface area contributed by atoms with Crippen molar-refractivity contribution in [2.24, 2.45) is 0 Å². The van der Waals surface area contributed by atoms with Crippen LogP contribution in [-0.2, 0) is 20.9 Å². The fourth-order valence-corrected chi connectivity index (χ4v) is 4.10. The molecular weight excluding hydrogens is 463 g/mol. The first kappa shape index (κ1) is 22.8. The lowest BCUT2D eigenvalue weighted by molar-refractivity contribution is -0.137. The molecule has 0 spiro atoms. The molecule has 1 aromatic heterocycles. The van der Waals surface area contributed by atoms with Crippen LogP contribution in [-0.4, -0.2) is 44.9 Å². The maximum Gasteiger partial charge on any atom is 0.417 e. The normalized spacial score (nSPS) is 16.9. The number of alkyl halides is 3. The van der Waals surface area contributed by atoms with Crippen LogP contribution < -0.4 is 15.2 Å². The van der Waals surface area contributed by atoms with Crippen molar-refractivity contribution in [3.05, 3.63) is 64.4 Å². The molecule has 4 rings (SSSR count). The van der Waals surface area contributed by atoms with Gasteiger partial charge in [0.1, 0.15) is 6.10 Å². The molecule has 8 nitrogen and oxygen atoms in total. The summed E-state index contributed by atoms with van der Waals surface area (Å²) in [6.07, 6.45) is -5.03. The molecule has 0 radical (unpaired) electrons. The molecule has 3 aromatic rings. The standard InChI is InChI=1S/C21H18F3N3O5S/c1-33(30,31)25-10-14-11-27(20(29)32-14)13-7-6-12-8-18(26-19(28)16(12)9-13)15-4-2-3-5-17(15)21(22,23)24/h2-9,14,25H,10-11H2,1H3,(H,26,28). The van der Waals surface area contributed by atoms with E-state index in [0.29, 0.717) is 11.1 Å². The Kier molecular flexibility index (Phi) is 5.66. The first-order chi connectivity index (χ1) is 15.4. The van der Waals surface area contributed by atoms with Crippen molar-refractivity contribution >= 4 is 32.6 Å². The lowest BCUT2D eigenvalue weighted by Crippen LogP contribution is -2.34. The van der Waals surface area contributed by atoms with E-state index < -0.39 is 39.5 Å².